The van der Waals surface area contributed by atoms with Gasteiger partial charge < -0.3 is 4.98 Å². The average Bonchev–Trinajstić information content (AvgIpc) is 2.34. The Labute approximate surface area is 117 Å². The number of carbonyl (C=O) groups is 1. The second-order valence-corrected chi connectivity index (χ2v) is 4.91. The summed E-state index contributed by atoms with van der Waals surface area (Å²) >= 11 is 3.35. The molecule has 98 valence electrons. The minimum absolute atomic E-state index is 0.0481. The lowest BCUT2D eigenvalue weighted by atomic mass is 10.2. The Morgan fingerprint density at radius 1 is 1.32 bits per heavy atom. The lowest BCUT2D eigenvalue weighted by Gasteiger charge is -2.09. The predicted octanol–water partition coefficient (Wildman–Crippen LogP) is 1.80. The summed E-state index contributed by atoms with van der Waals surface area (Å²) in [5.41, 5.74) is 0.0447. The summed E-state index contributed by atoms with van der Waals surface area (Å²) in [6.07, 6.45) is 1.15. The molecule has 0 radical (unpaired) electrons. The van der Waals surface area contributed by atoms with Crippen molar-refractivity contribution in [2.24, 2.45) is 0 Å². The molecule has 2 rings (SSSR count). The van der Waals surface area contributed by atoms with E-state index in [2.05, 4.69) is 20.9 Å². The van der Waals surface area contributed by atoms with E-state index in [4.69, 9.17) is 0 Å². The number of Topliss-reactive ketones (excluding diaryl/α,β-unsaturated/α-hetero) is 1. The Morgan fingerprint density at radius 3 is 2.63 bits per heavy atom. The number of ketones is 1. The van der Waals surface area contributed by atoms with Crippen LogP contribution >= 0.6 is 15.9 Å². The van der Waals surface area contributed by atoms with Crippen LogP contribution in [0.2, 0.25) is 0 Å². The standard InChI is InChI=1S/C13H11BrN2O3/c1-7-4-3-5-10(11(7)14)16-12(18)9(8(2)17)6-15-13(16)19/h3-6H,1-2H3,(H,15,19). The number of rotatable bonds is 2. The number of nitrogens with one attached hydrogen (secondary N) is 1. The van der Waals surface area contributed by atoms with Gasteiger partial charge >= 0.3 is 5.69 Å². The number of benzene rings is 1. The zero-order valence-corrected chi connectivity index (χ0v) is 11.9. The Bertz CT molecular complexity index is 774. The van der Waals surface area contributed by atoms with Gasteiger partial charge in [-0.1, -0.05) is 12.1 Å². The molecule has 1 N–H and O–H groups in total. The second kappa shape index (κ2) is 4.97. The number of aromatic amines is 1. The van der Waals surface area contributed by atoms with Crippen molar-refractivity contribution in [1.82, 2.24) is 9.55 Å². The highest BCUT2D eigenvalue weighted by molar-refractivity contribution is 9.10. The van der Waals surface area contributed by atoms with Gasteiger partial charge in [0.05, 0.1) is 11.3 Å². The van der Waals surface area contributed by atoms with Crippen LogP contribution in [0.4, 0.5) is 0 Å². The number of hydrogen-bond donors (Lipinski definition) is 1. The SMILES string of the molecule is CC(=O)c1c[nH]c(=O)n(-c2cccc(C)c2Br)c1=O. The summed E-state index contributed by atoms with van der Waals surface area (Å²) in [5, 5.41) is 0. The van der Waals surface area contributed by atoms with E-state index in [0.29, 0.717) is 10.2 Å². The average molecular weight is 323 g/mol. The molecule has 1 heterocycles. The first kappa shape index (κ1) is 13.5. The van der Waals surface area contributed by atoms with E-state index in [1.165, 1.54) is 6.92 Å². The molecule has 0 fully saturated rings. The quantitative estimate of drug-likeness (QED) is 0.857. The monoisotopic (exact) mass is 322 g/mol. The number of aryl methyl sites for hydroxylation is 1. The van der Waals surface area contributed by atoms with Gasteiger partial charge in [-0.15, -0.1) is 0 Å². The largest absolute Gasteiger partial charge is 0.333 e. The van der Waals surface area contributed by atoms with Gasteiger partial charge in [0.15, 0.2) is 5.78 Å². The molecule has 0 unspecified atom stereocenters. The van der Waals surface area contributed by atoms with E-state index >= 15 is 0 Å². The van der Waals surface area contributed by atoms with Crippen LogP contribution in [-0.4, -0.2) is 15.3 Å². The van der Waals surface area contributed by atoms with Crippen LogP contribution in [0.15, 0.2) is 38.5 Å². The van der Waals surface area contributed by atoms with Crippen molar-refractivity contribution in [2.45, 2.75) is 13.8 Å². The van der Waals surface area contributed by atoms with E-state index < -0.39 is 17.0 Å². The van der Waals surface area contributed by atoms with Crippen LogP contribution in [-0.2, 0) is 0 Å². The van der Waals surface area contributed by atoms with Crippen LogP contribution in [0.25, 0.3) is 5.69 Å². The summed E-state index contributed by atoms with van der Waals surface area (Å²) < 4.78 is 1.59. The topological polar surface area (TPSA) is 71.9 Å². The normalized spacial score (nSPS) is 10.5. The lowest BCUT2D eigenvalue weighted by Crippen LogP contribution is -2.36. The molecule has 1 aromatic heterocycles. The van der Waals surface area contributed by atoms with Gasteiger partial charge in [0.25, 0.3) is 5.56 Å². The molecule has 1 aromatic carbocycles. The Hall–Kier alpha value is -1.95. The van der Waals surface area contributed by atoms with Crippen LogP contribution in [0.5, 0.6) is 0 Å². The molecule has 0 saturated carbocycles. The van der Waals surface area contributed by atoms with Gasteiger partial charge in [0, 0.05) is 10.7 Å². The van der Waals surface area contributed by atoms with Crippen molar-refractivity contribution in [2.75, 3.05) is 0 Å². The van der Waals surface area contributed by atoms with E-state index in [0.717, 1.165) is 16.3 Å². The molecule has 0 aliphatic rings. The highest BCUT2D eigenvalue weighted by Gasteiger charge is 2.14. The molecule has 2 aromatic rings. The Morgan fingerprint density at radius 2 is 2.00 bits per heavy atom. The first-order valence-electron chi connectivity index (χ1n) is 5.54. The molecule has 19 heavy (non-hydrogen) atoms. The first-order valence-corrected chi connectivity index (χ1v) is 6.34. The Kier molecular flexibility index (Phi) is 3.53. The highest BCUT2D eigenvalue weighted by Crippen LogP contribution is 2.22. The summed E-state index contributed by atoms with van der Waals surface area (Å²) in [5.74, 6) is -0.390. The fourth-order valence-electron chi connectivity index (χ4n) is 1.75. The molecule has 5 nitrogen and oxygen atoms in total. The fraction of sp³-hybridized carbons (Fsp3) is 0.154. The first-order chi connectivity index (χ1) is 8.93. The highest BCUT2D eigenvalue weighted by atomic mass is 79.9. The molecule has 0 aliphatic carbocycles. The summed E-state index contributed by atoms with van der Waals surface area (Å²) in [7, 11) is 0. The van der Waals surface area contributed by atoms with Crippen molar-refractivity contribution in [3.63, 3.8) is 0 Å². The molecule has 0 saturated heterocycles. The maximum atomic E-state index is 12.2. The zero-order chi connectivity index (χ0) is 14.2. The number of halogens is 1. The molecule has 0 atom stereocenters. The third kappa shape index (κ3) is 2.31. The molecule has 0 amide bonds. The predicted molar refractivity (Wildman–Crippen MR) is 75.1 cm³/mol. The Balaban J connectivity index is 2.87. The molecule has 0 bridgehead atoms. The number of H-pyrrole nitrogens is 1. The number of carbonyl (C=O) groups excluding carboxylic acids is 1. The molecule has 0 aliphatic heterocycles. The van der Waals surface area contributed by atoms with Crippen LogP contribution in [0, 0.1) is 6.92 Å². The minimum Gasteiger partial charge on any atom is -0.313 e. The van der Waals surface area contributed by atoms with Crippen LogP contribution in [0.3, 0.4) is 0 Å². The van der Waals surface area contributed by atoms with E-state index in [9.17, 15) is 14.4 Å². The maximum Gasteiger partial charge on any atom is 0.333 e. The van der Waals surface area contributed by atoms with E-state index in [1.807, 2.05) is 13.0 Å². The number of hydrogen-bond acceptors (Lipinski definition) is 3. The smallest absolute Gasteiger partial charge is 0.313 e. The van der Waals surface area contributed by atoms with Crippen molar-refractivity contribution in [3.05, 3.63) is 60.8 Å². The van der Waals surface area contributed by atoms with Gasteiger partial charge in [-0.3, -0.25) is 9.59 Å². The fourth-order valence-corrected chi connectivity index (χ4v) is 2.19. The molecule has 0 spiro atoms. The van der Waals surface area contributed by atoms with Crippen molar-refractivity contribution in [1.29, 1.82) is 0 Å². The minimum atomic E-state index is -0.623. The van der Waals surface area contributed by atoms with E-state index in [-0.39, 0.29) is 5.56 Å². The van der Waals surface area contributed by atoms with Gasteiger partial charge in [0.2, 0.25) is 0 Å². The molecular weight excluding hydrogens is 312 g/mol. The van der Waals surface area contributed by atoms with Crippen molar-refractivity contribution < 1.29 is 4.79 Å². The van der Waals surface area contributed by atoms with Crippen molar-refractivity contribution in [3.8, 4) is 5.69 Å². The zero-order valence-electron chi connectivity index (χ0n) is 10.4. The van der Waals surface area contributed by atoms with Gasteiger partial charge in [0.1, 0.15) is 0 Å². The van der Waals surface area contributed by atoms with Gasteiger partial charge in [-0.25, -0.2) is 9.36 Å². The third-order valence-electron chi connectivity index (χ3n) is 2.77. The van der Waals surface area contributed by atoms with Gasteiger partial charge in [-0.2, -0.15) is 0 Å². The summed E-state index contributed by atoms with van der Waals surface area (Å²) in [6.45, 7) is 3.13. The maximum absolute atomic E-state index is 12.2. The van der Waals surface area contributed by atoms with Crippen LogP contribution in [0.1, 0.15) is 22.8 Å². The summed E-state index contributed by atoms with van der Waals surface area (Å²) in [6, 6.07) is 5.22. The van der Waals surface area contributed by atoms with Crippen LogP contribution < -0.4 is 11.2 Å². The van der Waals surface area contributed by atoms with E-state index in [1.54, 1.807) is 12.1 Å². The third-order valence-corrected chi connectivity index (χ3v) is 3.80. The summed E-state index contributed by atoms with van der Waals surface area (Å²) in [4.78, 5) is 37.8. The number of aromatic nitrogens is 2. The molecular formula is C13H11BrN2O3. The van der Waals surface area contributed by atoms with Crippen molar-refractivity contribution >= 4 is 21.7 Å². The van der Waals surface area contributed by atoms with Gasteiger partial charge in [-0.05, 0) is 41.4 Å². The number of nitrogens with zero attached hydrogens (tertiary/aromatic N) is 1. The molecule has 6 heteroatoms. The lowest BCUT2D eigenvalue weighted by molar-refractivity contribution is 0.101. The second-order valence-electron chi connectivity index (χ2n) is 4.11.